The SMILES string of the molecule is Cc1cccc(NP(=O)(OC(C)(C)C)OC(C)(C)C)c1. The van der Waals surface area contributed by atoms with Gasteiger partial charge in [0.25, 0.3) is 0 Å². The van der Waals surface area contributed by atoms with E-state index < -0.39 is 18.9 Å². The Morgan fingerprint density at radius 2 is 1.50 bits per heavy atom. The third-order valence-corrected chi connectivity index (χ3v) is 4.18. The highest BCUT2D eigenvalue weighted by Gasteiger charge is 2.35. The number of hydrogen-bond donors (Lipinski definition) is 1. The van der Waals surface area contributed by atoms with E-state index in [2.05, 4.69) is 5.09 Å². The molecule has 0 heterocycles. The van der Waals surface area contributed by atoms with Gasteiger partial charge in [-0.3, -0.25) is 14.1 Å². The predicted molar refractivity (Wildman–Crippen MR) is 84.1 cm³/mol. The zero-order valence-corrected chi connectivity index (χ0v) is 14.4. The van der Waals surface area contributed by atoms with Gasteiger partial charge in [0.15, 0.2) is 0 Å². The van der Waals surface area contributed by atoms with Crippen LogP contribution in [-0.4, -0.2) is 11.2 Å². The first-order chi connectivity index (χ1) is 8.89. The molecule has 0 aliphatic heterocycles. The molecule has 0 saturated carbocycles. The normalized spacial score (nSPS) is 13.3. The Balaban J connectivity index is 3.02. The van der Waals surface area contributed by atoms with Crippen molar-refractivity contribution in [2.45, 2.75) is 59.7 Å². The van der Waals surface area contributed by atoms with Gasteiger partial charge < -0.3 is 0 Å². The molecule has 0 saturated heterocycles. The average Bonchev–Trinajstić information content (AvgIpc) is 2.08. The molecule has 5 heteroatoms. The van der Waals surface area contributed by atoms with Gasteiger partial charge in [0.1, 0.15) is 0 Å². The van der Waals surface area contributed by atoms with Gasteiger partial charge in [0.2, 0.25) is 0 Å². The van der Waals surface area contributed by atoms with Crippen molar-refractivity contribution in [3.05, 3.63) is 29.8 Å². The molecule has 4 nitrogen and oxygen atoms in total. The monoisotopic (exact) mass is 299 g/mol. The van der Waals surface area contributed by atoms with Gasteiger partial charge in [-0.1, -0.05) is 12.1 Å². The van der Waals surface area contributed by atoms with E-state index in [1.54, 1.807) is 0 Å². The quantitative estimate of drug-likeness (QED) is 0.781. The summed E-state index contributed by atoms with van der Waals surface area (Å²) in [6, 6.07) is 7.63. The molecular weight excluding hydrogens is 273 g/mol. The second-order valence-corrected chi connectivity index (χ2v) is 8.47. The molecule has 0 spiro atoms. The zero-order chi connectivity index (χ0) is 15.6. The lowest BCUT2D eigenvalue weighted by molar-refractivity contribution is 0.0519. The van der Waals surface area contributed by atoms with Crippen LogP contribution in [0.2, 0.25) is 0 Å². The van der Waals surface area contributed by atoms with Crippen molar-refractivity contribution in [2.75, 3.05) is 5.09 Å². The summed E-state index contributed by atoms with van der Waals surface area (Å²) < 4.78 is 24.3. The maximum absolute atomic E-state index is 13.0. The van der Waals surface area contributed by atoms with Gasteiger partial charge in [0.05, 0.1) is 11.2 Å². The molecule has 1 N–H and O–H groups in total. The standard InChI is InChI=1S/C15H26NO3P/c1-12-9-8-10-13(11-12)16-20(17,18-14(2,3)4)19-15(5,6)7/h8-11H,1-7H3,(H,16,17). The number of rotatable bonds is 4. The first-order valence-corrected chi connectivity index (χ1v) is 8.29. The van der Waals surface area contributed by atoms with Crippen molar-refractivity contribution < 1.29 is 13.6 Å². The van der Waals surface area contributed by atoms with Crippen molar-refractivity contribution in [3.8, 4) is 0 Å². The molecule has 0 radical (unpaired) electrons. The minimum absolute atomic E-state index is 0.572. The molecule has 0 aromatic heterocycles. The van der Waals surface area contributed by atoms with Crippen LogP contribution in [-0.2, 0) is 13.6 Å². The van der Waals surface area contributed by atoms with Crippen LogP contribution in [0.3, 0.4) is 0 Å². The highest BCUT2D eigenvalue weighted by atomic mass is 31.2. The van der Waals surface area contributed by atoms with E-state index in [0.29, 0.717) is 0 Å². The van der Waals surface area contributed by atoms with Crippen LogP contribution in [0.5, 0.6) is 0 Å². The van der Waals surface area contributed by atoms with Gasteiger partial charge >= 0.3 is 7.75 Å². The van der Waals surface area contributed by atoms with E-state index in [0.717, 1.165) is 11.3 Å². The van der Waals surface area contributed by atoms with E-state index in [1.165, 1.54) is 0 Å². The maximum atomic E-state index is 13.0. The first-order valence-electron chi connectivity index (χ1n) is 6.75. The van der Waals surface area contributed by atoms with Crippen LogP contribution in [0.4, 0.5) is 5.69 Å². The predicted octanol–water partition coefficient (Wildman–Crippen LogP) is 5.15. The molecule has 0 amide bonds. The molecule has 0 aliphatic carbocycles. The first kappa shape index (κ1) is 17.2. The second-order valence-electron chi connectivity index (χ2n) is 6.89. The van der Waals surface area contributed by atoms with E-state index in [9.17, 15) is 4.57 Å². The van der Waals surface area contributed by atoms with E-state index in [-0.39, 0.29) is 0 Å². The van der Waals surface area contributed by atoms with E-state index in [4.69, 9.17) is 9.05 Å². The van der Waals surface area contributed by atoms with Gasteiger partial charge in [-0.05, 0) is 66.2 Å². The summed E-state index contributed by atoms with van der Waals surface area (Å²) in [4.78, 5) is 0. The van der Waals surface area contributed by atoms with Crippen LogP contribution >= 0.6 is 7.75 Å². The highest BCUT2D eigenvalue weighted by molar-refractivity contribution is 7.55. The number of anilines is 1. The third-order valence-electron chi connectivity index (χ3n) is 2.07. The summed E-state index contributed by atoms with van der Waals surface area (Å²) in [6.45, 7) is 13.1. The lowest BCUT2D eigenvalue weighted by Gasteiger charge is -2.32. The summed E-state index contributed by atoms with van der Waals surface area (Å²) in [7, 11) is -3.45. The Hall–Kier alpha value is -0.830. The lowest BCUT2D eigenvalue weighted by atomic mass is 10.2. The fraction of sp³-hybridized carbons (Fsp3) is 0.600. The highest BCUT2D eigenvalue weighted by Crippen LogP contribution is 2.53. The molecule has 1 aromatic rings. The fourth-order valence-corrected chi connectivity index (χ4v) is 3.68. The van der Waals surface area contributed by atoms with Crippen LogP contribution in [0.1, 0.15) is 47.1 Å². The Labute approximate surface area is 122 Å². The maximum Gasteiger partial charge on any atom is 0.433 e. The topological polar surface area (TPSA) is 47.6 Å². The molecule has 0 unspecified atom stereocenters. The number of nitrogens with one attached hydrogen (secondary N) is 1. The van der Waals surface area contributed by atoms with E-state index in [1.807, 2.05) is 72.7 Å². The molecule has 0 atom stereocenters. The smallest absolute Gasteiger partial charge is 0.293 e. The van der Waals surface area contributed by atoms with Gasteiger partial charge in [-0.25, -0.2) is 4.57 Å². The Kier molecular flexibility index (Phi) is 5.07. The molecule has 0 bridgehead atoms. The summed E-state index contributed by atoms with van der Waals surface area (Å²) in [6.07, 6.45) is 0. The van der Waals surface area contributed by atoms with Crippen molar-refractivity contribution in [1.29, 1.82) is 0 Å². The fourth-order valence-electron chi connectivity index (χ4n) is 1.66. The zero-order valence-electron chi connectivity index (χ0n) is 13.5. The summed E-state index contributed by atoms with van der Waals surface area (Å²) in [5.41, 5.74) is 0.657. The Morgan fingerprint density at radius 3 is 1.90 bits per heavy atom. The third kappa shape index (κ3) is 6.56. The van der Waals surface area contributed by atoms with Gasteiger partial charge in [-0.2, -0.15) is 0 Å². The van der Waals surface area contributed by atoms with Crippen molar-refractivity contribution in [1.82, 2.24) is 0 Å². The van der Waals surface area contributed by atoms with Gasteiger partial charge in [-0.15, -0.1) is 0 Å². The molecule has 20 heavy (non-hydrogen) atoms. The number of aryl methyl sites for hydroxylation is 1. The molecule has 1 rings (SSSR count). The molecule has 1 aromatic carbocycles. The Bertz CT molecular complexity index is 481. The summed E-state index contributed by atoms with van der Waals surface area (Å²) >= 11 is 0. The van der Waals surface area contributed by atoms with Crippen molar-refractivity contribution >= 4 is 13.4 Å². The van der Waals surface area contributed by atoms with Gasteiger partial charge in [0, 0.05) is 5.69 Å². The molecule has 0 aliphatic rings. The van der Waals surface area contributed by atoms with Crippen molar-refractivity contribution in [2.24, 2.45) is 0 Å². The van der Waals surface area contributed by atoms with Crippen LogP contribution < -0.4 is 5.09 Å². The van der Waals surface area contributed by atoms with Crippen LogP contribution in [0.25, 0.3) is 0 Å². The minimum atomic E-state index is -3.45. The van der Waals surface area contributed by atoms with E-state index >= 15 is 0 Å². The lowest BCUT2D eigenvalue weighted by Crippen LogP contribution is -2.26. The van der Waals surface area contributed by atoms with Crippen LogP contribution in [0, 0.1) is 6.92 Å². The second kappa shape index (κ2) is 5.88. The molecule has 114 valence electrons. The Morgan fingerprint density at radius 1 is 1.00 bits per heavy atom. The summed E-state index contributed by atoms with van der Waals surface area (Å²) in [5, 5.41) is 2.92. The molecular formula is C15H26NO3P. The molecule has 0 fully saturated rings. The number of hydrogen-bond acceptors (Lipinski definition) is 3. The summed E-state index contributed by atoms with van der Waals surface area (Å²) in [5.74, 6) is 0. The minimum Gasteiger partial charge on any atom is -0.293 e. The average molecular weight is 299 g/mol. The van der Waals surface area contributed by atoms with Crippen LogP contribution in [0.15, 0.2) is 24.3 Å². The largest absolute Gasteiger partial charge is 0.433 e. The number of benzene rings is 1. The van der Waals surface area contributed by atoms with Crippen molar-refractivity contribution in [3.63, 3.8) is 0 Å².